The molecule has 0 saturated carbocycles. The maximum Gasteiger partial charge on any atom is 0.205 e. The van der Waals surface area contributed by atoms with E-state index >= 15 is 0 Å². The molecular weight excluding hydrogens is 308 g/mol. The van der Waals surface area contributed by atoms with E-state index in [9.17, 15) is 0 Å². The molecule has 0 rings (SSSR count). The van der Waals surface area contributed by atoms with Crippen molar-refractivity contribution in [3.8, 4) is 0 Å². The second kappa shape index (κ2) is 19.5. The van der Waals surface area contributed by atoms with E-state index in [1.165, 1.54) is 109 Å². The summed E-state index contributed by atoms with van der Waals surface area (Å²) in [6.45, 7) is 9.06. The summed E-state index contributed by atoms with van der Waals surface area (Å²) >= 11 is 0. The molecule has 1 radical (unpaired) electrons. The lowest BCUT2D eigenvalue weighted by atomic mass is 10.0. The zero-order valence-corrected chi connectivity index (χ0v) is 18.5. The van der Waals surface area contributed by atoms with Crippen molar-refractivity contribution in [2.45, 2.75) is 142 Å². The zero-order chi connectivity index (χ0) is 17.9. The van der Waals surface area contributed by atoms with Crippen molar-refractivity contribution in [2.24, 2.45) is 0 Å². The van der Waals surface area contributed by atoms with Gasteiger partial charge in [-0.15, -0.1) is 0 Å². The fourth-order valence-corrected chi connectivity index (χ4v) is 4.37. The molecule has 0 fully saturated rings. The van der Waals surface area contributed by atoms with Crippen molar-refractivity contribution in [3.63, 3.8) is 0 Å². The Hall–Kier alpha value is 0.177. The minimum Gasteiger partial charge on any atom is -0.414 e. The smallest absolute Gasteiger partial charge is 0.205 e. The van der Waals surface area contributed by atoms with Gasteiger partial charge in [-0.1, -0.05) is 110 Å². The largest absolute Gasteiger partial charge is 0.414 e. The molecule has 0 amide bonds. The van der Waals surface area contributed by atoms with Crippen LogP contribution in [-0.2, 0) is 4.43 Å². The van der Waals surface area contributed by atoms with Gasteiger partial charge in [0.1, 0.15) is 0 Å². The van der Waals surface area contributed by atoms with E-state index in [4.69, 9.17) is 4.43 Å². The Morgan fingerprint density at radius 3 is 1.29 bits per heavy atom. The number of unbranched alkanes of at least 4 members (excludes halogenated alkanes) is 14. The summed E-state index contributed by atoms with van der Waals surface area (Å²) < 4.78 is 6.02. The first-order chi connectivity index (χ1) is 11.7. The molecule has 0 aromatic heterocycles. The second-order valence-corrected chi connectivity index (χ2v) is 9.85. The molecule has 0 heterocycles. The fourth-order valence-electron chi connectivity index (χ4n) is 3.42. The molecule has 1 atom stereocenters. The molecule has 0 saturated heterocycles. The Morgan fingerprint density at radius 2 is 0.958 bits per heavy atom. The summed E-state index contributed by atoms with van der Waals surface area (Å²) in [7, 11) is -0.515. The van der Waals surface area contributed by atoms with Gasteiger partial charge in [-0.25, -0.2) is 0 Å². The first-order valence-electron chi connectivity index (χ1n) is 11.2. The van der Waals surface area contributed by atoms with E-state index in [2.05, 4.69) is 26.9 Å². The zero-order valence-electron chi connectivity index (χ0n) is 17.5. The molecule has 1 nitrogen and oxygen atoms in total. The molecule has 0 aliphatic heterocycles. The predicted molar refractivity (Wildman–Crippen MR) is 112 cm³/mol. The summed E-state index contributed by atoms with van der Waals surface area (Å²) in [5, 5.41) is 0. The van der Waals surface area contributed by atoms with Crippen LogP contribution in [0.5, 0.6) is 0 Å². The van der Waals surface area contributed by atoms with Crippen LogP contribution in [0.3, 0.4) is 0 Å². The van der Waals surface area contributed by atoms with Crippen molar-refractivity contribution in [2.75, 3.05) is 0 Å². The molecule has 0 aliphatic rings. The molecule has 2 heteroatoms. The predicted octanol–water partition coefficient (Wildman–Crippen LogP) is 8.29. The maximum absolute atomic E-state index is 6.02. The molecule has 0 N–H and O–H groups in total. The molecule has 145 valence electrons. The van der Waals surface area contributed by atoms with Gasteiger partial charge in [0, 0.05) is 6.10 Å². The van der Waals surface area contributed by atoms with Gasteiger partial charge in [0.25, 0.3) is 0 Å². The number of hydrogen-bond acceptors (Lipinski definition) is 1. The third kappa shape index (κ3) is 18.5. The van der Waals surface area contributed by atoms with Crippen LogP contribution in [-0.4, -0.2) is 15.1 Å². The molecule has 0 aromatic carbocycles. The quantitative estimate of drug-likeness (QED) is 0.167. The highest BCUT2D eigenvalue weighted by Gasteiger charge is 2.08. The monoisotopic (exact) mass is 355 g/mol. The van der Waals surface area contributed by atoms with Crippen LogP contribution in [0.15, 0.2) is 0 Å². The van der Waals surface area contributed by atoms with Gasteiger partial charge in [-0.2, -0.15) is 0 Å². The molecule has 0 bridgehead atoms. The van der Waals surface area contributed by atoms with E-state index in [0.29, 0.717) is 6.10 Å². The molecule has 0 spiro atoms. The van der Waals surface area contributed by atoms with Crippen molar-refractivity contribution in [1.82, 2.24) is 0 Å². The van der Waals surface area contributed by atoms with Gasteiger partial charge in [-0.3, -0.25) is 0 Å². The minimum absolute atomic E-state index is 0.515. The first-order valence-corrected chi connectivity index (χ1v) is 13.6. The lowest BCUT2D eigenvalue weighted by Crippen LogP contribution is -2.19. The number of rotatable bonds is 19. The summed E-state index contributed by atoms with van der Waals surface area (Å²) in [4.78, 5) is 0. The van der Waals surface area contributed by atoms with E-state index in [1.54, 1.807) is 0 Å². The van der Waals surface area contributed by atoms with Crippen molar-refractivity contribution >= 4 is 9.04 Å². The van der Waals surface area contributed by atoms with Crippen molar-refractivity contribution < 1.29 is 4.43 Å². The van der Waals surface area contributed by atoms with Crippen molar-refractivity contribution in [3.05, 3.63) is 0 Å². The SMILES string of the molecule is CCCCCCCCCCCCCCCCCC(CC)O[Si](C)C. The molecule has 0 aliphatic carbocycles. The Balaban J connectivity index is 3.14. The maximum atomic E-state index is 6.02. The van der Waals surface area contributed by atoms with Gasteiger partial charge in [0.05, 0.1) is 0 Å². The van der Waals surface area contributed by atoms with Gasteiger partial charge in [-0.05, 0) is 25.9 Å². The van der Waals surface area contributed by atoms with Crippen LogP contribution in [0, 0.1) is 0 Å². The van der Waals surface area contributed by atoms with E-state index in [-0.39, 0.29) is 0 Å². The van der Waals surface area contributed by atoms with Crippen LogP contribution < -0.4 is 0 Å². The topological polar surface area (TPSA) is 9.23 Å². The Morgan fingerprint density at radius 1 is 0.583 bits per heavy atom. The van der Waals surface area contributed by atoms with Gasteiger partial charge < -0.3 is 4.43 Å². The third-order valence-corrected chi connectivity index (χ3v) is 5.79. The summed E-state index contributed by atoms with van der Waals surface area (Å²) in [6.07, 6.45) is 24.7. The number of hydrogen-bond donors (Lipinski definition) is 0. The highest BCUT2D eigenvalue weighted by molar-refractivity contribution is 6.48. The highest BCUT2D eigenvalue weighted by atomic mass is 28.3. The Bertz CT molecular complexity index is 230. The Labute approximate surface area is 156 Å². The van der Waals surface area contributed by atoms with Crippen LogP contribution in [0.4, 0.5) is 0 Å². The normalized spacial score (nSPS) is 12.9. The van der Waals surface area contributed by atoms with Crippen LogP contribution in [0.25, 0.3) is 0 Å². The summed E-state index contributed by atoms with van der Waals surface area (Å²) in [6, 6.07) is 0. The Kier molecular flexibility index (Phi) is 19.6. The molecular formula is C22H47OSi. The van der Waals surface area contributed by atoms with Crippen LogP contribution in [0.2, 0.25) is 13.1 Å². The lowest BCUT2D eigenvalue weighted by Gasteiger charge is -2.18. The molecule has 1 unspecified atom stereocenters. The average Bonchev–Trinajstić information content (AvgIpc) is 2.56. The van der Waals surface area contributed by atoms with Gasteiger partial charge in [0.15, 0.2) is 0 Å². The van der Waals surface area contributed by atoms with Gasteiger partial charge >= 0.3 is 0 Å². The van der Waals surface area contributed by atoms with E-state index in [1.807, 2.05) is 0 Å². The van der Waals surface area contributed by atoms with Crippen LogP contribution in [0.1, 0.15) is 123 Å². The highest BCUT2D eigenvalue weighted by Crippen LogP contribution is 2.15. The van der Waals surface area contributed by atoms with Crippen molar-refractivity contribution in [1.29, 1.82) is 0 Å². The average molecular weight is 356 g/mol. The van der Waals surface area contributed by atoms with Gasteiger partial charge in [0.2, 0.25) is 9.04 Å². The minimum atomic E-state index is -0.515. The fraction of sp³-hybridized carbons (Fsp3) is 1.00. The summed E-state index contributed by atoms with van der Waals surface area (Å²) in [5.41, 5.74) is 0. The molecule has 0 aromatic rings. The third-order valence-electron chi connectivity index (χ3n) is 4.99. The van der Waals surface area contributed by atoms with E-state index < -0.39 is 9.04 Å². The van der Waals surface area contributed by atoms with Crippen LogP contribution >= 0.6 is 0 Å². The first kappa shape index (κ1) is 24.2. The molecule has 24 heavy (non-hydrogen) atoms. The summed E-state index contributed by atoms with van der Waals surface area (Å²) in [5.74, 6) is 0. The lowest BCUT2D eigenvalue weighted by molar-refractivity contribution is 0.185. The second-order valence-electron chi connectivity index (χ2n) is 7.79. The standard InChI is InChI=1S/C22H47OSi/c1-5-7-8-9-10-11-12-13-14-15-16-17-18-19-20-21-22(6-2)23-24(3)4/h22H,5-21H2,1-4H3. The van der Waals surface area contributed by atoms with E-state index in [0.717, 1.165) is 0 Å².